The normalized spacial score (nSPS) is 25.1. The minimum atomic E-state index is 0.519. The largest absolute Gasteiger partial charge is 0.372 e. The van der Waals surface area contributed by atoms with Crippen LogP contribution >= 0.6 is 11.8 Å². The number of thioether (sulfide) groups is 1. The van der Waals surface area contributed by atoms with Crippen molar-refractivity contribution in [2.45, 2.75) is 43.3 Å². The molecule has 0 aromatic rings. The molecule has 1 aliphatic heterocycles. The van der Waals surface area contributed by atoms with E-state index in [1.54, 1.807) is 0 Å². The second-order valence-electron chi connectivity index (χ2n) is 4.38. The summed E-state index contributed by atoms with van der Waals surface area (Å²) in [4.78, 5) is 4.46. The number of hydrogen-bond donors (Lipinski definition) is 1. The minimum Gasteiger partial charge on any atom is -0.372 e. The van der Waals surface area contributed by atoms with Crippen LogP contribution in [0.5, 0.6) is 0 Å². The highest BCUT2D eigenvalue weighted by Crippen LogP contribution is 2.39. The molecule has 0 bridgehead atoms. The SMILES string of the molecule is CSC1(CNC2=NCCC2)CCCC1. The van der Waals surface area contributed by atoms with Crippen molar-refractivity contribution in [1.82, 2.24) is 5.32 Å². The third kappa shape index (κ3) is 2.25. The third-order valence-corrected chi connectivity index (χ3v) is 4.86. The molecule has 0 aromatic heterocycles. The summed E-state index contributed by atoms with van der Waals surface area (Å²) in [5.41, 5.74) is 0. The smallest absolute Gasteiger partial charge is 0.0964 e. The maximum Gasteiger partial charge on any atom is 0.0964 e. The summed E-state index contributed by atoms with van der Waals surface area (Å²) in [5.74, 6) is 1.25. The fraction of sp³-hybridized carbons (Fsp3) is 0.909. The second-order valence-corrected chi connectivity index (χ2v) is 5.65. The second kappa shape index (κ2) is 4.56. The first kappa shape index (κ1) is 10.3. The summed E-state index contributed by atoms with van der Waals surface area (Å²) in [6.45, 7) is 2.17. The maximum atomic E-state index is 4.46. The summed E-state index contributed by atoms with van der Waals surface area (Å²) in [5, 5.41) is 3.54. The predicted molar refractivity (Wildman–Crippen MR) is 64.3 cm³/mol. The standard InChI is InChI=1S/C11H20N2S/c1-14-11(6-2-3-7-11)9-13-10-5-4-8-12-10/h2-9H2,1H3,(H,12,13). The highest BCUT2D eigenvalue weighted by Gasteiger charge is 2.32. The Balaban J connectivity index is 1.82. The van der Waals surface area contributed by atoms with E-state index in [0.717, 1.165) is 13.1 Å². The van der Waals surface area contributed by atoms with Crippen LogP contribution in [0.15, 0.2) is 4.99 Å². The number of amidine groups is 1. The van der Waals surface area contributed by atoms with Gasteiger partial charge in [-0.1, -0.05) is 12.8 Å². The number of nitrogens with one attached hydrogen (secondary N) is 1. The van der Waals surface area contributed by atoms with Crippen LogP contribution in [0.4, 0.5) is 0 Å². The van der Waals surface area contributed by atoms with Gasteiger partial charge in [0.25, 0.3) is 0 Å². The average Bonchev–Trinajstić information content (AvgIpc) is 2.87. The van der Waals surface area contributed by atoms with E-state index in [1.165, 1.54) is 44.4 Å². The molecule has 0 unspecified atom stereocenters. The van der Waals surface area contributed by atoms with Crippen molar-refractivity contribution in [2.75, 3.05) is 19.3 Å². The lowest BCUT2D eigenvalue weighted by atomic mass is 10.1. The molecule has 2 nitrogen and oxygen atoms in total. The van der Waals surface area contributed by atoms with Gasteiger partial charge in [0.2, 0.25) is 0 Å². The molecule has 1 fully saturated rings. The Labute approximate surface area is 90.9 Å². The minimum absolute atomic E-state index is 0.519. The Hall–Kier alpha value is -0.180. The zero-order valence-electron chi connectivity index (χ0n) is 9.01. The van der Waals surface area contributed by atoms with Crippen molar-refractivity contribution in [1.29, 1.82) is 0 Å². The lowest BCUT2D eigenvalue weighted by Gasteiger charge is -2.27. The maximum absolute atomic E-state index is 4.46. The molecule has 2 aliphatic rings. The lowest BCUT2D eigenvalue weighted by molar-refractivity contribution is 0.589. The Morgan fingerprint density at radius 2 is 2.14 bits per heavy atom. The molecule has 14 heavy (non-hydrogen) atoms. The van der Waals surface area contributed by atoms with Gasteiger partial charge in [-0.15, -0.1) is 0 Å². The van der Waals surface area contributed by atoms with Crippen LogP contribution in [0.2, 0.25) is 0 Å². The van der Waals surface area contributed by atoms with E-state index < -0.39 is 0 Å². The lowest BCUT2D eigenvalue weighted by Crippen LogP contribution is -2.37. The van der Waals surface area contributed by atoms with Crippen LogP contribution in [-0.4, -0.2) is 29.9 Å². The van der Waals surface area contributed by atoms with Gasteiger partial charge in [-0.3, -0.25) is 4.99 Å². The summed E-state index contributed by atoms with van der Waals surface area (Å²) in [6, 6.07) is 0. The Bertz CT molecular complexity index is 219. The number of nitrogens with zero attached hydrogens (tertiary/aromatic N) is 1. The molecule has 1 aliphatic carbocycles. The predicted octanol–water partition coefficient (Wildman–Crippen LogP) is 2.44. The summed E-state index contributed by atoms with van der Waals surface area (Å²) in [6.07, 6.45) is 10.3. The molecule has 0 spiro atoms. The topological polar surface area (TPSA) is 24.4 Å². The summed E-state index contributed by atoms with van der Waals surface area (Å²) >= 11 is 2.05. The Morgan fingerprint density at radius 1 is 1.36 bits per heavy atom. The van der Waals surface area contributed by atoms with Crippen molar-refractivity contribution >= 4 is 17.6 Å². The zero-order chi connectivity index (χ0) is 9.86. The first-order valence-electron chi connectivity index (χ1n) is 5.67. The van der Waals surface area contributed by atoms with E-state index in [4.69, 9.17) is 0 Å². The molecule has 0 saturated heterocycles. The van der Waals surface area contributed by atoms with Crippen molar-refractivity contribution in [3.8, 4) is 0 Å². The third-order valence-electron chi connectivity index (χ3n) is 3.44. The Morgan fingerprint density at radius 3 is 2.71 bits per heavy atom. The number of hydrogen-bond acceptors (Lipinski definition) is 3. The van der Waals surface area contributed by atoms with Gasteiger partial charge >= 0.3 is 0 Å². The van der Waals surface area contributed by atoms with E-state index in [2.05, 4.69) is 16.6 Å². The van der Waals surface area contributed by atoms with E-state index in [1.807, 2.05) is 11.8 Å². The highest BCUT2D eigenvalue weighted by atomic mass is 32.2. The van der Waals surface area contributed by atoms with Gasteiger partial charge < -0.3 is 5.32 Å². The van der Waals surface area contributed by atoms with Crippen molar-refractivity contribution in [2.24, 2.45) is 4.99 Å². The molecule has 80 valence electrons. The molecule has 3 heteroatoms. The van der Waals surface area contributed by atoms with Crippen LogP contribution in [0.25, 0.3) is 0 Å². The van der Waals surface area contributed by atoms with Crippen LogP contribution in [0.1, 0.15) is 38.5 Å². The fourth-order valence-corrected chi connectivity index (χ4v) is 3.33. The summed E-state index contributed by atoms with van der Waals surface area (Å²) < 4.78 is 0.519. The van der Waals surface area contributed by atoms with Gasteiger partial charge in [0.1, 0.15) is 0 Å². The van der Waals surface area contributed by atoms with Gasteiger partial charge in [-0.25, -0.2) is 0 Å². The molecule has 2 rings (SSSR count). The molecule has 1 N–H and O–H groups in total. The van der Waals surface area contributed by atoms with Gasteiger partial charge in [0, 0.05) is 24.3 Å². The molecule has 0 atom stereocenters. The molecular formula is C11H20N2S. The van der Waals surface area contributed by atoms with Crippen molar-refractivity contribution in [3.63, 3.8) is 0 Å². The monoisotopic (exact) mass is 212 g/mol. The van der Waals surface area contributed by atoms with Crippen molar-refractivity contribution < 1.29 is 0 Å². The Kier molecular flexibility index (Phi) is 3.37. The van der Waals surface area contributed by atoms with Gasteiger partial charge in [-0.05, 0) is 25.5 Å². The molecule has 0 radical (unpaired) electrons. The van der Waals surface area contributed by atoms with Gasteiger partial charge in [0.15, 0.2) is 0 Å². The summed E-state index contributed by atoms with van der Waals surface area (Å²) in [7, 11) is 0. The average molecular weight is 212 g/mol. The fourth-order valence-electron chi connectivity index (χ4n) is 2.42. The molecular weight excluding hydrogens is 192 g/mol. The van der Waals surface area contributed by atoms with Crippen molar-refractivity contribution in [3.05, 3.63) is 0 Å². The van der Waals surface area contributed by atoms with Gasteiger partial charge in [-0.2, -0.15) is 11.8 Å². The van der Waals surface area contributed by atoms with E-state index >= 15 is 0 Å². The molecule has 0 amide bonds. The van der Waals surface area contributed by atoms with E-state index in [-0.39, 0.29) is 0 Å². The van der Waals surface area contributed by atoms with Crippen LogP contribution in [0, 0.1) is 0 Å². The van der Waals surface area contributed by atoms with Crippen LogP contribution in [0.3, 0.4) is 0 Å². The van der Waals surface area contributed by atoms with E-state index in [9.17, 15) is 0 Å². The first-order valence-corrected chi connectivity index (χ1v) is 6.89. The van der Waals surface area contributed by atoms with Gasteiger partial charge in [0.05, 0.1) is 5.84 Å². The van der Waals surface area contributed by atoms with Crippen LogP contribution in [-0.2, 0) is 0 Å². The zero-order valence-corrected chi connectivity index (χ0v) is 9.83. The number of aliphatic imine (C=N–C) groups is 1. The number of rotatable bonds is 3. The highest BCUT2D eigenvalue weighted by molar-refractivity contribution is 8.00. The quantitative estimate of drug-likeness (QED) is 0.777. The molecule has 1 saturated carbocycles. The first-order chi connectivity index (χ1) is 6.85. The van der Waals surface area contributed by atoms with E-state index in [0.29, 0.717) is 4.75 Å². The molecule has 1 heterocycles. The van der Waals surface area contributed by atoms with Crippen LogP contribution < -0.4 is 5.32 Å². The molecule has 0 aromatic carbocycles.